The molecule has 0 saturated heterocycles. The van der Waals surface area contributed by atoms with E-state index in [9.17, 15) is 4.79 Å². The molecular weight excluding hydrogens is 238 g/mol. The van der Waals surface area contributed by atoms with E-state index in [4.69, 9.17) is 4.74 Å². The Hall–Kier alpha value is -1.82. The van der Waals surface area contributed by atoms with Crippen molar-refractivity contribution in [3.8, 4) is 10.8 Å². The number of thiazole rings is 1. The first kappa shape index (κ1) is 11.7. The second-order valence-corrected chi connectivity index (χ2v) is 4.42. The molecule has 0 saturated carbocycles. The Morgan fingerprint density at radius 2 is 2.12 bits per heavy atom. The summed E-state index contributed by atoms with van der Waals surface area (Å²) in [6, 6.07) is 1.73. The first-order valence-corrected chi connectivity index (χ1v) is 5.96. The lowest BCUT2D eigenvalue weighted by Gasteiger charge is -1.97. The molecule has 0 unspecified atom stereocenters. The molecule has 0 amide bonds. The van der Waals surface area contributed by atoms with Crippen LogP contribution in [0.25, 0.3) is 10.8 Å². The molecule has 0 fully saturated rings. The van der Waals surface area contributed by atoms with Gasteiger partial charge in [-0.1, -0.05) is 0 Å². The van der Waals surface area contributed by atoms with E-state index in [1.165, 1.54) is 11.3 Å². The van der Waals surface area contributed by atoms with Gasteiger partial charge in [-0.25, -0.2) is 19.7 Å². The summed E-state index contributed by atoms with van der Waals surface area (Å²) >= 11 is 1.38. The zero-order valence-corrected chi connectivity index (χ0v) is 10.3. The maximum absolute atomic E-state index is 11.6. The molecule has 88 valence electrons. The third-order valence-corrected chi connectivity index (χ3v) is 2.99. The summed E-state index contributed by atoms with van der Waals surface area (Å²) in [4.78, 5) is 24.8. The third-order valence-electron chi connectivity index (χ3n) is 2.02. The van der Waals surface area contributed by atoms with Gasteiger partial charge in [-0.3, -0.25) is 0 Å². The Morgan fingerprint density at radius 3 is 2.76 bits per heavy atom. The summed E-state index contributed by atoms with van der Waals surface area (Å²) in [7, 11) is 0. The highest BCUT2D eigenvalue weighted by Crippen LogP contribution is 2.25. The molecule has 5 nitrogen and oxygen atoms in total. The highest BCUT2D eigenvalue weighted by Gasteiger charge is 2.18. The number of hydrogen-bond donors (Lipinski definition) is 0. The van der Waals surface area contributed by atoms with Crippen LogP contribution in [-0.2, 0) is 4.74 Å². The number of aromatic nitrogens is 3. The van der Waals surface area contributed by atoms with Gasteiger partial charge < -0.3 is 4.74 Å². The van der Waals surface area contributed by atoms with Gasteiger partial charge in [0.1, 0.15) is 0 Å². The van der Waals surface area contributed by atoms with Crippen molar-refractivity contribution in [2.24, 2.45) is 0 Å². The Labute approximate surface area is 103 Å². The highest BCUT2D eigenvalue weighted by molar-refractivity contribution is 7.15. The summed E-state index contributed by atoms with van der Waals surface area (Å²) in [5.74, 6) is 0.125. The Kier molecular flexibility index (Phi) is 3.43. The summed E-state index contributed by atoms with van der Waals surface area (Å²) in [6.45, 7) is 3.93. The van der Waals surface area contributed by atoms with Crippen LogP contribution in [0, 0.1) is 6.92 Å². The molecular formula is C11H11N3O2S. The van der Waals surface area contributed by atoms with Crippen molar-refractivity contribution in [2.75, 3.05) is 6.61 Å². The maximum Gasteiger partial charge on any atom is 0.358 e. The molecule has 0 N–H and O–H groups in total. The van der Waals surface area contributed by atoms with Crippen LogP contribution in [0.1, 0.15) is 22.3 Å². The Morgan fingerprint density at radius 1 is 1.41 bits per heavy atom. The number of carbonyl (C=O) groups excluding carboxylic acids is 1. The number of aryl methyl sites for hydroxylation is 1. The lowest BCUT2D eigenvalue weighted by atomic mass is 10.4. The van der Waals surface area contributed by atoms with Crippen molar-refractivity contribution in [1.82, 2.24) is 15.0 Å². The lowest BCUT2D eigenvalue weighted by Crippen LogP contribution is -2.06. The number of hydrogen-bond acceptors (Lipinski definition) is 6. The number of nitrogens with zero attached hydrogens (tertiary/aromatic N) is 3. The molecule has 0 aliphatic carbocycles. The van der Waals surface area contributed by atoms with Crippen LogP contribution in [-0.4, -0.2) is 27.5 Å². The van der Waals surface area contributed by atoms with E-state index in [0.29, 0.717) is 23.1 Å². The second kappa shape index (κ2) is 5.01. The molecule has 2 heterocycles. The quantitative estimate of drug-likeness (QED) is 0.779. The van der Waals surface area contributed by atoms with Gasteiger partial charge in [0.2, 0.25) is 0 Å². The van der Waals surface area contributed by atoms with Crippen molar-refractivity contribution in [3.63, 3.8) is 0 Å². The molecule has 2 aromatic heterocycles. The van der Waals surface area contributed by atoms with Crippen LogP contribution in [0.4, 0.5) is 0 Å². The average Bonchev–Trinajstić information content (AvgIpc) is 2.73. The van der Waals surface area contributed by atoms with E-state index in [1.54, 1.807) is 25.4 Å². The van der Waals surface area contributed by atoms with Gasteiger partial charge in [0.15, 0.2) is 16.5 Å². The zero-order chi connectivity index (χ0) is 12.3. The minimum absolute atomic E-state index is 0.340. The first-order valence-electron chi connectivity index (χ1n) is 5.14. The van der Waals surface area contributed by atoms with E-state index in [1.807, 2.05) is 6.92 Å². The number of esters is 1. The van der Waals surface area contributed by atoms with Crippen LogP contribution in [0.5, 0.6) is 0 Å². The molecule has 0 spiro atoms. The molecule has 2 rings (SSSR count). The molecule has 0 aliphatic rings. The normalized spacial score (nSPS) is 10.2. The molecule has 0 aliphatic heterocycles. The second-order valence-electron chi connectivity index (χ2n) is 3.22. The van der Waals surface area contributed by atoms with Crippen LogP contribution in [0.3, 0.4) is 0 Å². The fourth-order valence-corrected chi connectivity index (χ4v) is 2.14. The fraction of sp³-hybridized carbons (Fsp3) is 0.273. The lowest BCUT2D eigenvalue weighted by molar-refractivity contribution is 0.0519. The molecule has 17 heavy (non-hydrogen) atoms. The topological polar surface area (TPSA) is 65.0 Å². The van der Waals surface area contributed by atoms with E-state index in [2.05, 4.69) is 15.0 Å². The summed E-state index contributed by atoms with van der Waals surface area (Å²) in [5.41, 5.74) is 0.347. The summed E-state index contributed by atoms with van der Waals surface area (Å²) < 4.78 is 4.92. The van der Waals surface area contributed by atoms with Gasteiger partial charge in [0.05, 0.1) is 6.61 Å². The number of ether oxygens (including phenoxy) is 1. The largest absolute Gasteiger partial charge is 0.461 e. The van der Waals surface area contributed by atoms with Crippen molar-refractivity contribution >= 4 is 17.3 Å². The van der Waals surface area contributed by atoms with E-state index >= 15 is 0 Å². The molecule has 0 bridgehead atoms. The third kappa shape index (κ3) is 2.47. The minimum Gasteiger partial charge on any atom is -0.461 e. The van der Waals surface area contributed by atoms with Gasteiger partial charge >= 0.3 is 5.97 Å². The van der Waals surface area contributed by atoms with Crippen molar-refractivity contribution in [2.45, 2.75) is 13.8 Å². The van der Waals surface area contributed by atoms with Crippen molar-refractivity contribution in [1.29, 1.82) is 0 Å². The monoisotopic (exact) mass is 249 g/mol. The maximum atomic E-state index is 11.6. The average molecular weight is 249 g/mol. The standard InChI is InChI=1S/C11H11N3O2S/c1-3-16-11(15)8-7(2)17-10(14-8)9-12-5-4-6-13-9/h4-6H,3H2,1-2H3. The highest BCUT2D eigenvalue weighted by atomic mass is 32.1. The van der Waals surface area contributed by atoms with E-state index in [0.717, 1.165) is 4.88 Å². The first-order chi connectivity index (χ1) is 8.22. The molecule has 6 heteroatoms. The van der Waals surface area contributed by atoms with Crippen molar-refractivity contribution in [3.05, 3.63) is 29.0 Å². The number of rotatable bonds is 3. The summed E-state index contributed by atoms with van der Waals surface area (Å²) in [6.07, 6.45) is 3.28. The fourth-order valence-electron chi connectivity index (χ4n) is 1.29. The van der Waals surface area contributed by atoms with Gasteiger partial charge in [-0.2, -0.15) is 0 Å². The van der Waals surface area contributed by atoms with Gasteiger partial charge in [0, 0.05) is 17.3 Å². The Balaban J connectivity index is 2.34. The van der Waals surface area contributed by atoms with Crippen molar-refractivity contribution < 1.29 is 9.53 Å². The summed E-state index contributed by atoms with van der Waals surface area (Å²) in [5, 5.41) is 0.631. The van der Waals surface area contributed by atoms with Crippen LogP contribution < -0.4 is 0 Å². The smallest absolute Gasteiger partial charge is 0.358 e. The molecule has 0 atom stereocenters. The van der Waals surface area contributed by atoms with Crippen LogP contribution in [0.15, 0.2) is 18.5 Å². The molecule has 0 radical (unpaired) electrons. The van der Waals surface area contributed by atoms with Gasteiger partial charge in [-0.05, 0) is 19.9 Å². The predicted molar refractivity (Wildman–Crippen MR) is 63.8 cm³/mol. The SMILES string of the molecule is CCOC(=O)c1nc(-c2ncccn2)sc1C. The molecule has 2 aromatic rings. The van der Waals surface area contributed by atoms with E-state index in [-0.39, 0.29) is 0 Å². The van der Waals surface area contributed by atoms with E-state index < -0.39 is 5.97 Å². The zero-order valence-electron chi connectivity index (χ0n) is 9.51. The minimum atomic E-state index is -0.400. The van der Waals surface area contributed by atoms with Crippen LogP contribution >= 0.6 is 11.3 Å². The van der Waals surface area contributed by atoms with Gasteiger partial charge in [0.25, 0.3) is 0 Å². The van der Waals surface area contributed by atoms with Crippen LogP contribution in [0.2, 0.25) is 0 Å². The van der Waals surface area contributed by atoms with Gasteiger partial charge in [-0.15, -0.1) is 11.3 Å². The molecule has 0 aromatic carbocycles. The Bertz CT molecular complexity index is 525. The number of carbonyl (C=O) groups is 1. The predicted octanol–water partition coefficient (Wildman–Crippen LogP) is 2.09.